The summed E-state index contributed by atoms with van der Waals surface area (Å²) in [6, 6.07) is 8.83. The van der Waals surface area contributed by atoms with Gasteiger partial charge in [0, 0.05) is 12.5 Å². The molecule has 17 heavy (non-hydrogen) atoms. The van der Waals surface area contributed by atoms with Gasteiger partial charge in [-0.3, -0.25) is 0 Å². The lowest BCUT2D eigenvalue weighted by Crippen LogP contribution is -2.01. The van der Waals surface area contributed by atoms with Gasteiger partial charge in [0.05, 0.1) is 7.11 Å². The summed E-state index contributed by atoms with van der Waals surface area (Å²) in [5.74, 6) is 1.37. The molecule has 2 aromatic carbocycles. The van der Waals surface area contributed by atoms with E-state index in [1.165, 1.54) is 0 Å². The largest absolute Gasteiger partial charge is 0.508 e. The summed E-state index contributed by atoms with van der Waals surface area (Å²) in [6.45, 7) is 0.130. The monoisotopic (exact) mass is 234 g/mol. The van der Waals surface area contributed by atoms with Crippen molar-refractivity contribution in [1.29, 1.82) is 0 Å². The van der Waals surface area contributed by atoms with Gasteiger partial charge in [-0.25, -0.2) is 0 Å². The van der Waals surface area contributed by atoms with E-state index in [2.05, 4.69) is 0 Å². The average Bonchev–Trinajstić information content (AvgIpc) is 2.35. The minimum Gasteiger partial charge on any atom is -0.508 e. The molecule has 0 saturated heterocycles. The van der Waals surface area contributed by atoms with Crippen LogP contribution in [-0.2, 0) is 4.74 Å². The lowest BCUT2D eigenvalue weighted by atomic mass is 10.1. The van der Waals surface area contributed by atoms with Gasteiger partial charge in [0.25, 0.3) is 0 Å². The van der Waals surface area contributed by atoms with E-state index in [1.807, 2.05) is 18.2 Å². The predicted molar refractivity (Wildman–Crippen MR) is 64.7 cm³/mol. The van der Waals surface area contributed by atoms with Crippen molar-refractivity contribution >= 4 is 10.8 Å². The van der Waals surface area contributed by atoms with Crippen LogP contribution in [-0.4, -0.2) is 26.1 Å². The van der Waals surface area contributed by atoms with Crippen molar-refractivity contribution in [2.24, 2.45) is 0 Å². The SMILES string of the molecule is COCOc1c(OC)ccc2ccc(O)cc12. The summed E-state index contributed by atoms with van der Waals surface area (Å²) in [7, 11) is 3.12. The molecule has 0 spiro atoms. The Kier molecular flexibility index (Phi) is 3.35. The molecule has 0 amide bonds. The molecule has 0 saturated carbocycles. The second kappa shape index (κ2) is 4.93. The van der Waals surface area contributed by atoms with Crippen molar-refractivity contribution in [2.45, 2.75) is 0 Å². The highest BCUT2D eigenvalue weighted by Gasteiger charge is 2.10. The van der Waals surface area contributed by atoms with E-state index in [0.29, 0.717) is 11.5 Å². The van der Waals surface area contributed by atoms with Crippen LogP contribution < -0.4 is 9.47 Å². The number of benzene rings is 2. The number of fused-ring (bicyclic) bond motifs is 1. The number of rotatable bonds is 4. The molecule has 0 aliphatic heterocycles. The van der Waals surface area contributed by atoms with Crippen molar-refractivity contribution in [1.82, 2.24) is 0 Å². The molecule has 0 radical (unpaired) electrons. The topological polar surface area (TPSA) is 47.9 Å². The summed E-state index contributed by atoms with van der Waals surface area (Å²) in [5, 5.41) is 11.3. The van der Waals surface area contributed by atoms with Gasteiger partial charge in [-0.05, 0) is 23.6 Å². The highest BCUT2D eigenvalue weighted by molar-refractivity contribution is 5.91. The Hall–Kier alpha value is -1.94. The summed E-state index contributed by atoms with van der Waals surface area (Å²) >= 11 is 0. The third-order valence-electron chi connectivity index (χ3n) is 2.46. The normalized spacial score (nSPS) is 10.5. The van der Waals surface area contributed by atoms with Crippen LogP contribution in [0.25, 0.3) is 10.8 Å². The molecule has 0 heterocycles. The molecule has 1 N–H and O–H groups in total. The zero-order chi connectivity index (χ0) is 12.3. The lowest BCUT2D eigenvalue weighted by molar-refractivity contribution is 0.0503. The minimum absolute atomic E-state index is 0.130. The van der Waals surface area contributed by atoms with E-state index >= 15 is 0 Å². The first-order chi connectivity index (χ1) is 8.26. The number of hydrogen-bond acceptors (Lipinski definition) is 4. The third-order valence-corrected chi connectivity index (χ3v) is 2.46. The number of methoxy groups -OCH3 is 2. The number of ether oxygens (including phenoxy) is 3. The highest BCUT2D eigenvalue weighted by Crippen LogP contribution is 2.37. The van der Waals surface area contributed by atoms with E-state index < -0.39 is 0 Å². The van der Waals surface area contributed by atoms with Crippen LogP contribution in [0.3, 0.4) is 0 Å². The van der Waals surface area contributed by atoms with Crippen molar-refractivity contribution in [3.05, 3.63) is 30.3 Å². The van der Waals surface area contributed by atoms with Crippen molar-refractivity contribution in [2.75, 3.05) is 21.0 Å². The third kappa shape index (κ3) is 2.26. The first-order valence-corrected chi connectivity index (χ1v) is 5.17. The maximum Gasteiger partial charge on any atom is 0.188 e. The average molecular weight is 234 g/mol. The van der Waals surface area contributed by atoms with Crippen LogP contribution in [0, 0.1) is 0 Å². The molecule has 2 aromatic rings. The van der Waals surface area contributed by atoms with Crippen LogP contribution in [0.4, 0.5) is 0 Å². The number of aromatic hydroxyl groups is 1. The molecule has 0 unspecified atom stereocenters. The summed E-state index contributed by atoms with van der Waals surface area (Å²) in [4.78, 5) is 0. The smallest absolute Gasteiger partial charge is 0.188 e. The maximum absolute atomic E-state index is 9.52. The second-order valence-corrected chi connectivity index (χ2v) is 3.55. The van der Waals surface area contributed by atoms with E-state index in [9.17, 15) is 5.11 Å². The van der Waals surface area contributed by atoms with Gasteiger partial charge in [-0.15, -0.1) is 0 Å². The molecule has 0 aliphatic rings. The Morgan fingerprint density at radius 2 is 1.88 bits per heavy atom. The number of phenolic OH excluding ortho intramolecular Hbond substituents is 1. The molecular weight excluding hydrogens is 220 g/mol. The van der Waals surface area contributed by atoms with Crippen molar-refractivity contribution < 1.29 is 19.3 Å². The van der Waals surface area contributed by atoms with Gasteiger partial charge in [0.15, 0.2) is 18.3 Å². The Balaban J connectivity index is 2.59. The molecule has 0 aromatic heterocycles. The van der Waals surface area contributed by atoms with E-state index in [0.717, 1.165) is 10.8 Å². The fourth-order valence-electron chi connectivity index (χ4n) is 1.69. The molecule has 0 atom stereocenters. The summed E-state index contributed by atoms with van der Waals surface area (Å²) in [5.41, 5.74) is 0. The molecule has 0 bridgehead atoms. The van der Waals surface area contributed by atoms with Crippen LogP contribution in [0.15, 0.2) is 30.3 Å². The van der Waals surface area contributed by atoms with Crippen LogP contribution in [0.1, 0.15) is 0 Å². The molecule has 90 valence electrons. The van der Waals surface area contributed by atoms with Gasteiger partial charge in [0.1, 0.15) is 5.75 Å². The van der Waals surface area contributed by atoms with Gasteiger partial charge in [-0.1, -0.05) is 12.1 Å². The molecule has 2 rings (SSSR count). The van der Waals surface area contributed by atoms with Crippen LogP contribution >= 0.6 is 0 Å². The Labute approximate surface area is 99.3 Å². The molecule has 4 nitrogen and oxygen atoms in total. The Bertz CT molecular complexity index is 522. The van der Waals surface area contributed by atoms with Crippen molar-refractivity contribution in [3.8, 4) is 17.2 Å². The quantitative estimate of drug-likeness (QED) is 0.826. The van der Waals surface area contributed by atoms with Gasteiger partial charge < -0.3 is 19.3 Å². The second-order valence-electron chi connectivity index (χ2n) is 3.55. The fraction of sp³-hybridized carbons (Fsp3) is 0.231. The van der Waals surface area contributed by atoms with Gasteiger partial charge >= 0.3 is 0 Å². The maximum atomic E-state index is 9.52. The minimum atomic E-state index is 0.130. The molecule has 4 heteroatoms. The zero-order valence-electron chi connectivity index (χ0n) is 9.77. The first-order valence-electron chi connectivity index (χ1n) is 5.17. The summed E-state index contributed by atoms with van der Waals surface area (Å²) < 4.78 is 15.6. The van der Waals surface area contributed by atoms with E-state index in [4.69, 9.17) is 14.2 Å². The van der Waals surface area contributed by atoms with Crippen LogP contribution in [0.2, 0.25) is 0 Å². The Morgan fingerprint density at radius 3 is 2.59 bits per heavy atom. The lowest BCUT2D eigenvalue weighted by Gasteiger charge is -2.12. The first kappa shape index (κ1) is 11.5. The standard InChI is InChI=1S/C13H14O4/c1-15-8-17-13-11-7-10(14)5-3-9(11)4-6-12(13)16-2/h3-7,14H,8H2,1-2H3. The summed E-state index contributed by atoms with van der Waals surface area (Å²) in [6.07, 6.45) is 0. The van der Waals surface area contributed by atoms with Gasteiger partial charge in [0.2, 0.25) is 0 Å². The predicted octanol–water partition coefficient (Wildman–Crippen LogP) is 2.54. The molecular formula is C13H14O4. The van der Waals surface area contributed by atoms with Crippen molar-refractivity contribution in [3.63, 3.8) is 0 Å². The van der Waals surface area contributed by atoms with Crippen LogP contribution in [0.5, 0.6) is 17.2 Å². The number of hydrogen-bond donors (Lipinski definition) is 1. The van der Waals surface area contributed by atoms with Gasteiger partial charge in [-0.2, -0.15) is 0 Å². The van der Waals surface area contributed by atoms with E-state index in [-0.39, 0.29) is 12.5 Å². The Morgan fingerprint density at radius 1 is 1.12 bits per heavy atom. The van der Waals surface area contributed by atoms with E-state index in [1.54, 1.807) is 26.4 Å². The highest BCUT2D eigenvalue weighted by atomic mass is 16.7. The molecule has 0 fully saturated rings. The molecule has 0 aliphatic carbocycles. The number of phenols is 1. The fourth-order valence-corrected chi connectivity index (χ4v) is 1.69. The zero-order valence-corrected chi connectivity index (χ0v) is 9.77.